The SMILES string of the molecule is CCC(=O)OCC#Cc1ccc(Cl)c(Cl)c1. The molecule has 0 aliphatic carbocycles. The van der Waals surface area contributed by atoms with Crippen molar-refractivity contribution in [3.63, 3.8) is 0 Å². The van der Waals surface area contributed by atoms with E-state index in [-0.39, 0.29) is 12.6 Å². The number of carbonyl (C=O) groups is 1. The fraction of sp³-hybridized carbons (Fsp3) is 0.250. The van der Waals surface area contributed by atoms with Crippen molar-refractivity contribution >= 4 is 29.2 Å². The summed E-state index contributed by atoms with van der Waals surface area (Å²) in [6.07, 6.45) is 0.356. The standard InChI is InChI=1S/C12H10Cl2O2/c1-2-12(15)16-7-3-4-9-5-6-10(13)11(14)8-9/h5-6,8H,2,7H2,1H3. The molecule has 0 radical (unpaired) electrons. The Kier molecular flexibility index (Phi) is 5.18. The topological polar surface area (TPSA) is 26.3 Å². The number of halogens is 2. The summed E-state index contributed by atoms with van der Waals surface area (Å²) in [6.45, 7) is 1.82. The van der Waals surface area contributed by atoms with Gasteiger partial charge in [0.15, 0.2) is 6.61 Å². The zero-order chi connectivity index (χ0) is 12.0. The van der Waals surface area contributed by atoms with Crippen molar-refractivity contribution in [1.82, 2.24) is 0 Å². The first kappa shape index (κ1) is 12.9. The molecule has 0 aliphatic heterocycles. The lowest BCUT2D eigenvalue weighted by atomic mass is 10.2. The molecule has 2 nitrogen and oxygen atoms in total. The van der Waals surface area contributed by atoms with Crippen LogP contribution in [0.15, 0.2) is 18.2 Å². The van der Waals surface area contributed by atoms with Crippen LogP contribution in [-0.2, 0) is 9.53 Å². The first-order chi connectivity index (χ1) is 7.63. The van der Waals surface area contributed by atoms with Crippen LogP contribution in [0.3, 0.4) is 0 Å². The molecule has 0 saturated heterocycles. The molecule has 0 fully saturated rings. The minimum absolute atomic E-state index is 0.0902. The van der Waals surface area contributed by atoms with E-state index in [4.69, 9.17) is 27.9 Å². The van der Waals surface area contributed by atoms with Gasteiger partial charge >= 0.3 is 5.97 Å². The predicted molar refractivity (Wildman–Crippen MR) is 64.6 cm³/mol. The summed E-state index contributed by atoms with van der Waals surface area (Å²) in [7, 11) is 0. The zero-order valence-corrected chi connectivity index (χ0v) is 10.2. The summed E-state index contributed by atoms with van der Waals surface area (Å²) in [5.74, 6) is 5.28. The van der Waals surface area contributed by atoms with Crippen molar-refractivity contribution in [2.45, 2.75) is 13.3 Å². The Labute approximate surface area is 105 Å². The summed E-state index contributed by atoms with van der Waals surface area (Å²) in [5, 5.41) is 0.948. The lowest BCUT2D eigenvalue weighted by molar-refractivity contribution is -0.141. The minimum Gasteiger partial charge on any atom is -0.452 e. The van der Waals surface area contributed by atoms with Gasteiger partial charge in [0.1, 0.15) is 0 Å². The van der Waals surface area contributed by atoms with Gasteiger partial charge in [-0.1, -0.05) is 42.0 Å². The molecule has 0 heterocycles. The molecule has 84 valence electrons. The van der Waals surface area contributed by atoms with Gasteiger partial charge in [-0.3, -0.25) is 4.79 Å². The fourth-order valence-corrected chi connectivity index (χ4v) is 1.23. The quantitative estimate of drug-likeness (QED) is 0.600. The lowest BCUT2D eigenvalue weighted by Gasteiger charge is -1.96. The van der Waals surface area contributed by atoms with E-state index in [9.17, 15) is 4.79 Å². The Morgan fingerprint density at radius 3 is 2.75 bits per heavy atom. The van der Waals surface area contributed by atoms with E-state index in [0.717, 1.165) is 5.56 Å². The molecule has 0 spiro atoms. The van der Waals surface area contributed by atoms with Crippen LogP contribution in [0, 0.1) is 11.8 Å². The largest absolute Gasteiger partial charge is 0.452 e. The zero-order valence-electron chi connectivity index (χ0n) is 8.72. The number of carbonyl (C=O) groups excluding carboxylic acids is 1. The summed E-state index contributed by atoms with van der Waals surface area (Å²) >= 11 is 11.6. The van der Waals surface area contributed by atoms with Gasteiger partial charge in [0.2, 0.25) is 0 Å². The number of benzene rings is 1. The average molecular weight is 257 g/mol. The third-order valence-electron chi connectivity index (χ3n) is 1.75. The Balaban J connectivity index is 2.56. The molecular formula is C12H10Cl2O2. The molecule has 0 aromatic heterocycles. The van der Waals surface area contributed by atoms with Gasteiger partial charge < -0.3 is 4.74 Å². The Morgan fingerprint density at radius 2 is 2.12 bits per heavy atom. The molecule has 0 amide bonds. The second-order valence-electron chi connectivity index (χ2n) is 2.94. The number of rotatable bonds is 2. The molecule has 16 heavy (non-hydrogen) atoms. The van der Waals surface area contributed by atoms with Gasteiger partial charge in [-0.05, 0) is 18.2 Å². The second kappa shape index (κ2) is 6.42. The van der Waals surface area contributed by atoms with Crippen molar-refractivity contribution in [1.29, 1.82) is 0 Å². The van der Waals surface area contributed by atoms with Crippen molar-refractivity contribution in [2.75, 3.05) is 6.61 Å². The highest BCUT2D eigenvalue weighted by Gasteiger charge is 1.97. The summed E-state index contributed by atoms with van der Waals surface area (Å²) in [5.41, 5.74) is 0.738. The van der Waals surface area contributed by atoms with Gasteiger partial charge in [0.25, 0.3) is 0 Å². The molecule has 1 aromatic rings. The van der Waals surface area contributed by atoms with Crippen LogP contribution in [0.4, 0.5) is 0 Å². The molecule has 4 heteroatoms. The minimum atomic E-state index is -0.261. The number of hydrogen-bond acceptors (Lipinski definition) is 2. The highest BCUT2D eigenvalue weighted by Crippen LogP contribution is 2.21. The van der Waals surface area contributed by atoms with Crippen LogP contribution < -0.4 is 0 Å². The van der Waals surface area contributed by atoms with E-state index in [1.54, 1.807) is 25.1 Å². The molecule has 0 bridgehead atoms. The van der Waals surface area contributed by atoms with Crippen molar-refractivity contribution < 1.29 is 9.53 Å². The van der Waals surface area contributed by atoms with Crippen LogP contribution in [-0.4, -0.2) is 12.6 Å². The summed E-state index contributed by atoms with van der Waals surface area (Å²) in [6, 6.07) is 5.09. The smallest absolute Gasteiger partial charge is 0.306 e. The maximum atomic E-state index is 10.8. The van der Waals surface area contributed by atoms with Crippen LogP contribution in [0.5, 0.6) is 0 Å². The van der Waals surface area contributed by atoms with E-state index in [2.05, 4.69) is 11.8 Å². The van der Waals surface area contributed by atoms with Gasteiger partial charge in [0.05, 0.1) is 10.0 Å². The van der Waals surface area contributed by atoms with Crippen LogP contribution in [0.1, 0.15) is 18.9 Å². The monoisotopic (exact) mass is 256 g/mol. The third-order valence-corrected chi connectivity index (χ3v) is 2.49. The van der Waals surface area contributed by atoms with Gasteiger partial charge in [-0.25, -0.2) is 0 Å². The normalized spacial score (nSPS) is 9.19. The van der Waals surface area contributed by atoms with Crippen LogP contribution in [0.25, 0.3) is 0 Å². The Hall–Kier alpha value is -1.17. The van der Waals surface area contributed by atoms with E-state index < -0.39 is 0 Å². The highest BCUT2D eigenvalue weighted by atomic mass is 35.5. The van der Waals surface area contributed by atoms with Crippen molar-refractivity contribution in [3.05, 3.63) is 33.8 Å². The molecule has 1 aromatic carbocycles. The molecule has 0 aliphatic rings. The first-order valence-corrected chi connectivity index (χ1v) is 5.48. The fourth-order valence-electron chi connectivity index (χ4n) is 0.931. The molecule has 0 saturated carbocycles. The van der Waals surface area contributed by atoms with E-state index in [1.807, 2.05) is 0 Å². The molecular weight excluding hydrogens is 247 g/mol. The van der Waals surface area contributed by atoms with E-state index >= 15 is 0 Å². The van der Waals surface area contributed by atoms with Crippen molar-refractivity contribution in [2.24, 2.45) is 0 Å². The summed E-state index contributed by atoms with van der Waals surface area (Å²) < 4.78 is 4.80. The number of hydrogen-bond donors (Lipinski definition) is 0. The Bertz CT molecular complexity index is 444. The van der Waals surface area contributed by atoms with Crippen LogP contribution in [0.2, 0.25) is 10.0 Å². The lowest BCUT2D eigenvalue weighted by Crippen LogP contribution is -2.01. The van der Waals surface area contributed by atoms with Crippen LogP contribution >= 0.6 is 23.2 Å². The average Bonchev–Trinajstić information content (AvgIpc) is 2.28. The van der Waals surface area contributed by atoms with Crippen molar-refractivity contribution in [3.8, 4) is 11.8 Å². The predicted octanol–water partition coefficient (Wildman–Crippen LogP) is 3.30. The van der Waals surface area contributed by atoms with E-state index in [0.29, 0.717) is 16.5 Å². The summed E-state index contributed by atoms with van der Waals surface area (Å²) in [4.78, 5) is 10.8. The Morgan fingerprint density at radius 1 is 1.38 bits per heavy atom. The molecule has 0 unspecified atom stereocenters. The number of ether oxygens (including phenoxy) is 1. The van der Waals surface area contributed by atoms with Gasteiger partial charge in [-0.15, -0.1) is 0 Å². The highest BCUT2D eigenvalue weighted by molar-refractivity contribution is 6.42. The van der Waals surface area contributed by atoms with Gasteiger partial charge in [-0.2, -0.15) is 0 Å². The third kappa shape index (κ3) is 4.14. The molecule has 0 N–H and O–H groups in total. The maximum Gasteiger partial charge on any atom is 0.306 e. The maximum absolute atomic E-state index is 10.8. The molecule has 1 rings (SSSR count). The van der Waals surface area contributed by atoms with E-state index in [1.165, 1.54) is 0 Å². The first-order valence-electron chi connectivity index (χ1n) is 4.73. The molecule has 0 atom stereocenters. The number of esters is 1. The van der Waals surface area contributed by atoms with Gasteiger partial charge in [0, 0.05) is 12.0 Å². The second-order valence-corrected chi connectivity index (χ2v) is 3.76.